The van der Waals surface area contributed by atoms with Crippen LogP contribution in [0.25, 0.3) is 0 Å². The summed E-state index contributed by atoms with van der Waals surface area (Å²) in [5.74, 6) is 0.0307. The summed E-state index contributed by atoms with van der Waals surface area (Å²) in [5, 5.41) is 2.60. The molecule has 0 aromatic rings. The van der Waals surface area contributed by atoms with Crippen LogP contribution in [0.2, 0.25) is 0 Å². The topological polar surface area (TPSA) is 75.4 Å². The molecule has 1 heterocycles. The van der Waals surface area contributed by atoms with Crippen LogP contribution in [0, 0.1) is 11.8 Å². The van der Waals surface area contributed by atoms with E-state index in [4.69, 9.17) is 5.73 Å². The quantitative estimate of drug-likeness (QED) is 0.668. The molecular weight excluding hydrogens is 206 g/mol. The zero-order chi connectivity index (χ0) is 11.7. The Hall–Kier alpha value is -1.10. The summed E-state index contributed by atoms with van der Waals surface area (Å²) in [4.78, 5) is 25.1. The predicted molar refractivity (Wildman–Crippen MR) is 59.5 cm³/mol. The van der Waals surface area contributed by atoms with Crippen molar-refractivity contribution in [2.75, 3.05) is 20.1 Å². The molecule has 0 spiro atoms. The lowest BCUT2D eigenvalue weighted by atomic mass is 10.1. The van der Waals surface area contributed by atoms with E-state index in [0.29, 0.717) is 0 Å². The molecule has 0 bridgehead atoms. The number of hydrogen-bond acceptors (Lipinski definition) is 3. The van der Waals surface area contributed by atoms with Crippen molar-refractivity contribution >= 4 is 11.8 Å². The molecule has 2 aliphatic rings. The molecule has 1 saturated carbocycles. The van der Waals surface area contributed by atoms with Crippen LogP contribution in [-0.4, -0.2) is 42.9 Å². The fourth-order valence-electron chi connectivity index (χ4n) is 2.43. The minimum atomic E-state index is -0.486. The molecule has 1 aliphatic carbocycles. The Kier molecular flexibility index (Phi) is 3.14. The van der Waals surface area contributed by atoms with Gasteiger partial charge < -0.3 is 16.0 Å². The first kappa shape index (κ1) is 11.4. The van der Waals surface area contributed by atoms with Gasteiger partial charge in [-0.25, -0.2) is 0 Å². The van der Waals surface area contributed by atoms with Crippen LogP contribution in [0.3, 0.4) is 0 Å². The largest absolute Gasteiger partial charge is 0.359 e. The Bertz CT molecular complexity index is 300. The molecule has 90 valence electrons. The Balaban J connectivity index is 1.86. The number of likely N-dealkylation sites (tertiary alicyclic amines) is 1. The summed E-state index contributed by atoms with van der Waals surface area (Å²) >= 11 is 0. The van der Waals surface area contributed by atoms with Gasteiger partial charge in [-0.1, -0.05) is 0 Å². The second-order valence-electron chi connectivity index (χ2n) is 4.68. The average Bonchev–Trinajstić information content (AvgIpc) is 2.91. The van der Waals surface area contributed by atoms with E-state index < -0.39 is 6.04 Å². The van der Waals surface area contributed by atoms with Crippen molar-refractivity contribution in [3.05, 3.63) is 0 Å². The Morgan fingerprint density at radius 3 is 2.56 bits per heavy atom. The number of nitrogens with two attached hydrogens (primary N) is 1. The molecule has 3 N–H and O–H groups in total. The van der Waals surface area contributed by atoms with Crippen molar-refractivity contribution in [3.63, 3.8) is 0 Å². The molecule has 0 radical (unpaired) electrons. The SMILES string of the molecule is CNC(=O)[C@H]1C[C@@H]1[C@H](N)C(=O)N1CCCC1. The minimum absolute atomic E-state index is 0.00896. The van der Waals surface area contributed by atoms with E-state index in [2.05, 4.69) is 5.32 Å². The molecule has 3 atom stereocenters. The highest BCUT2D eigenvalue weighted by Gasteiger charge is 2.49. The monoisotopic (exact) mass is 225 g/mol. The number of carbonyl (C=O) groups is 2. The summed E-state index contributed by atoms with van der Waals surface area (Å²) in [6, 6.07) is -0.486. The van der Waals surface area contributed by atoms with E-state index in [1.807, 2.05) is 4.90 Å². The summed E-state index contributed by atoms with van der Waals surface area (Å²) in [6.45, 7) is 1.65. The van der Waals surface area contributed by atoms with Crippen LogP contribution in [0.4, 0.5) is 0 Å². The van der Waals surface area contributed by atoms with Crippen LogP contribution >= 0.6 is 0 Å². The maximum atomic E-state index is 12.0. The lowest BCUT2D eigenvalue weighted by molar-refractivity contribution is -0.132. The van der Waals surface area contributed by atoms with Crippen LogP contribution in [0.5, 0.6) is 0 Å². The highest BCUT2D eigenvalue weighted by Crippen LogP contribution is 2.41. The minimum Gasteiger partial charge on any atom is -0.359 e. The highest BCUT2D eigenvalue weighted by atomic mass is 16.2. The number of hydrogen-bond donors (Lipinski definition) is 2. The molecule has 0 aromatic heterocycles. The number of amides is 2. The fourth-order valence-corrected chi connectivity index (χ4v) is 2.43. The summed E-state index contributed by atoms with van der Waals surface area (Å²) in [6.07, 6.45) is 2.89. The van der Waals surface area contributed by atoms with E-state index >= 15 is 0 Å². The first-order valence-electron chi connectivity index (χ1n) is 5.91. The zero-order valence-corrected chi connectivity index (χ0v) is 9.61. The molecule has 1 aliphatic heterocycles. The normalized spacial score (nSPS) is 30.0. The van der Waals surface area contributed by atoms with E-state index in [0.717, 1.165) is 32.4 Å². The van der Waals surface area contributed by atoms with Gasteiger partial charge in [-0.05, 0) is 25.2 Å². The number of nitrogens with one attached hydrogen (secondary N) is 1. The molecular formula is C11H19N3O2. The van der Waals surface area contributed by atoms with Gasteiger partial charge in [-0.15, -0.1) is 0 Å². The van der Waals surface area contributed by atoms with Crippen molar-refractivity contribution in [2.45, 2.75) is 25.3 Å². The lowest BCUT2D eigenvalue weighted by Gasteiger charge is -2.20. The second kappa shape index (κ2) is 4.41. The summed E-state index contributed by atoms with van der Waals surface area (Å²) in [7, 11) is 1.62. The van der Waals surface area contributed by atoms with Gasteiger partial charge in [0.25, 0.3) is 0 Å². The van der Waals surface area contributed by atoms with E-state index in [-0.39, 0.29) is 23.7 Å². The summed E-state index contributed by atoms with van der Waals surface area (Å²) in [5.41, 5.74) is 5.91. The molecule has 0 unspecified atom stereocenters. The summed E-state index contributed by atoms with van der Waals surface area (Å²) < 4.78 is 0. The van der Waals surface area contributed by atoms with Gasteiger partial charge in [0.2, 0.25) is 11.8 Å². The van der Waals surface area contributed by atoms with E-state index in [9.17, 15) is 9.59 Å². The molecule has 0 aromatic carbocycles. The van der Waals surface area contributed by atoms with Gasteiger partial charge in [-0.3, -0.25) is 9.59 Å². The van der Waals surface area contributed by atoms with Crippen LogP contribution < -0.4 is 11.1 Å². The standard InChI is InChI=1S/C11H19N3O2/c1-13-10(15)8-6-7(8)9(12)11(16)14-4-2-3-5-14/h7-9H,2-6,12H2,1H3,(H,13,15)/t7-,8-,9-/m0/s1. The molecule has 2 amide bonds. The van der Waals surface area contributed by atoms with Crippen molar-refractivity contribution in [3.8, 4) is 0 Å². The van der Waals surface area contributed by atoms with Gasteiger partial charge in [0, 0.05) is 26.1 Å². The Morgan fingerprint density at radius 1 is 1.38 bits per heavy atom. The van der Waals surface area contributed by atoms with Crippen LogP contribution in [0.15, 0.2) is 0 Å². The number of carbonyl (C=O) groups excluding carboxylic acids is 2. The van der Waals surface area contributed by atoms with Crippen molar-refractivity contribution in [1.29, 1.82) is 0 Å². The third kappa shape index (κ3) is 2.04. The molecule has 5 heteroatoms. The van der Waals surface area contributed by atoms with E-state index in [1.54, 1.807) is 7.05 Å². The van der Waals surface area contributed by atoms with E-state index in [1.165, 1.54) is 0 Å². The third-order valence-electron chi connectivity index (χ3n) is 3.59. The molecule has 2 fully saturated rings. The van der Waals surface area contributed by atoms with Crippen LogP contribution in [0.1, 0.15) is 19.3 Å². The van der Waals surface area contributed by atoms with Gasteiger partial charge in [0.1, 0.15) is 0 Å². The Morgan fingerprint density at radius 2 is 2.00 bits per heavy atom. The van der Waals surface area contributed by atoms with Crippen molar-refractivity contribution in [2.24, 2.45) is 17.6 Å². The number of nitrogens with zero attached hydrogens (tertiary/aromatic N) is 1. The first-order chi connectivity index (χ1) is 7.65. The predicted octanol–water partition coefficient (Wildman–Crippen LogP) is -0.682. The van der Waals surface area contributed by atoms with Gasteiger partial charge in [-0.2, -0.15) is 0 Å². The van der Waals surface area contributed by atoms with Gasteiger partial charge in [0.15, 0.2) is 0 Å². The molecule has 5 nitrogen and oxygen atoms in total. The van der Waals surface area contributed by atoms with Crippen molar-refractivity contribution < 1.29 is 9.59 Å². The first-order valence-corrected chi connectivity index (χ1v) is 5.91. The lowest BCUT2D eigenvalue weighted by Crippen LogP contribution is -2.44. The van der Waals surface area contributed by atoms with Crippen molar-refractivity contribution in [1.82, 2.24) is 10.2 Å². The molecule has 1 saturated heterocycles. The van der Waals surface area contributed by atoms with Gasteiger partial charge >= 0.3 is 0 Å². The molecule has 2 rings (SSSR count). The Labute approximate surface area is 95.3 Å². The second-order valence-corrected chi connectivity index (χ2v) is 4.68. The van der Waals surface area contributed by atoms with Crippen LogP contribution in [-0.2, 0) is 9.59 Å². The maximum Gasteiger partial charge on any atom is 0.239 e. The zero-order valence-electron chi connectivity index (χ0n) is 9.61. The average molecular weight is 225 g/mol. The van der Waals surface area contributed by atoms with Gasteiger partial charge in [0.05, 0.1) is 6.04 Å². The smallest absolute Gasteiger partial charge is 0.239 e. The molecule has 16 heavy (non-hydrogen) atoms. The number of rotatable bonds is 3. The third-order valence-corrected chi connectivity index (χ3v) is 3.59. The highest BCUT2D eigenvalue weighted by molar-refractivity contribution is 5.87. The maximum absolute atomic E-state index is 12.0. The fraction of sp³-hybridized carbons (Fsp3) is 0.818.